The smallest absolute Gasteiger partial charge is 0.258 e. The third-order valence-corrected chi connectivity index (χ3v) is 6.80. The first-order chi connectivity index (χ1) is 16.4. The highest BCUT2D eigenvalue weighted by atomic mass is 16.5. The van der Waals surface area contributed by atoms with Crippen molar-refractivity contribution < 1.29 is 9.53 Å². The third-order valence-electron chi connectivity index (χ3n) is 6.80. The quantitative estimate of drug-likeness (QED) is 0.520. The van der Waals surface area contributed by atoms with E-state index in [1.165, 1.54) is 0 Å². The number of carbonyl (C=O) groups is 1. The molecule has 0 spiro atoms. The van der Waals surface area contributed by atoms with Gasteiger partial charge in [0.2, 0.25) is 0 Å². The predicted molar refractivity (Wildman–Crippen MR) is 135 cm³/mol. The molecule has 34 heavy (non-hydrogen) atoms. The van der Waals surface area contributed by atoms with Gasteiger partial charge in [0, 0.05) is 42.5 Å². The lowest BCUT2D eigenvalue weighted by Gasteiger charge is -2.37. The summed E-state index contributed by atoms with van der Waals surface area (Å²) in [6, 6.07) is 24.0. The van der Waals surface area contributed by atoms with Gasteiger partial charge < -0.3 is 14.5 Å². The second-order valence-electron chi connectivity index (χ2n) is 9.45. The van der Waals surface area contributed by atoms with Crippen LogP contribution in [0.3, 0.4) is 0 Å². The second kappa shape index (κ2) is 8.96. The van der Waals surface area contributed by atoms with E-state index < -0.39 is 0 Å². The Kier molecular flexibility index (Phi) is 5.85. The number of nitrogens with zero attached hydrogens (tertiary/aromatic N) is 3. The number of hydrogen-bond donors (Lipinski definition) is 0. The fourth-order valence-corrected chi connectivity index (χ4v) is 5.31. The Bertz CT molecular complexity index is 1230. The van der Waals surface area contributed by atoms with E-state index in [2.05, 4.69) is 62.1 Å². The van der Waals surface area contributed by atoms with Gasteiger partial charge in [0.15, 0.2) is 0 Å². The van der Waals surface area contributed by atoms with Crippen LogP contribution in [-0.2, 0) is 4.74 Å². The van der Waals surface area contributed by atoms with Crippen LogP contribution in [0.2, 0.25) is 0 Å². The van der Waals surface area contributed by atoms with Crippen molar-refractivity contribution in [2.45, 2.75) is 38.9 Å². The lowest BCUT2D eigenvalue weighted by molar-refractivity contribution is -0.00521. The number of nitriles is 1. The zero-order chi connectivity index (χ0) is 23.8. The fourth-order valence-electron chi connectivity index (χ4n) is 5.31. The van der Waals surface area contributed by atoms with Crippen molar-refractivity contribution in [1.82, 2.24) is 0 Å². The van der Waals surface area contributed by atoms with Crippen molar-refractivity contribution in [3.05, 3.63) is 83.4 Å². The topological polar surface area (TPSA) is 56.6 Å². The average molecular weight is 452 g/mol. The Hall–Kier alpha value is -3.62. The minimum Gasteiger partial charge on any atom is -0.372 e. The van der Waals surface area contributed by atoms with Gasteiger partial charge in [-0.3, -0.25) is 4.79 Å². The first-order valence-electron chi connectivity index (χ1n) is 11.9. The van der Waals surface area contributed by atoms with Gasteiger partial charge in [-0.1, -0.05) is 31.2 Å². The lowest BCUT2D eigenvalue weighted by Crippen LogP contribution is -2.45. The third kappa shape index (κ3) is 4.06. The van der Waals surface area contributed by atoms with Gasteiger partial charge in [-0.25, -0.2) is 0 Å². The normalized spacial score (nSPS) is 22.3. The van der Waals surface area contributed by atoms with Gasteiger partial charge in [-0.2, -0.15) is 5.26 Å². The van der Waals surface area contributed by atoms with Gasteiger partial charge >= 0.3 is 0 Å². The van der Waals surface area contributed by atoms with E-state index in [0.717, 1.165) is 46.7 Å². The van der Waals surface area contributed by atoms with Crippen molar-refractivity contribution in [2.75, 3.05) is 29.4 Å². The molecule has 0 bridgehead atoms. The van der Waals surface area contributed by atoms with Crippen molar-refractivity contribution >= 4 is 17.3 Å². The fraction of sp³-hybridized carbons (Fsp3) is 0.310. The molecule has 1 fully saturated rings. The molecule has 0 N–H and O–H groups in total. The molecular weight excluding hydrogens is 422 g/mol. The number of amides is 1. The predicted octanol–water partition coefficient (Wildman–Crippen LogP) is 5.60. The summed E-state index contributed by atoms with van der Waals surface area (Å²) in [6.07, 6.45) is 0.407. The van der Waals surface area contributed by atoms with Crippen molar-refractivity contribution in [2.24, 2.45) is 0 Å². The van der Waals surface area contributed by atoms with Crippen LogP contribution in [0.1, 0.15) is 48.2 Å². The molecule has 0 radical (unpaired) electrons. The SMILES string of the molecule is CC1CN(c2ccc(N3C[C@@H](C)O[C@@H](C)C3)cc2)C(=O)c2cccc(-c3ccc(C#N)cc3)c21. The molecule has 5 rings (SSSR count). The van der Waals surface area contributed by atoms with E-state index in [1.807, 2.05) is 41.3 Å². The van der Waals surface area contributed by atoms with Crippen molar-refractivity contribution in [3.8, 4) is 17.2 Å². The van der Waals surface area contributed by atoms with Crippen LogP contribution in [0.25, 0.3) is 11.1 Å². The minimum atomic E-state index is 0.0324. The summed E-state index contributed by atoms with van der Waals surface area (Å²) in [7, 11) is 0. The number of rotatable bonds is 3. The van der Waals surface area contributed by atoms with Crippen LogP contribution in [0.15, 0.2) is 66.7 Å². The van der Waals surface area contributed by atoms with Crippen LogP contribution in [0.4, 0.5) is 11.4 Å². The summed E-state index contributed by atoms with van der Waals surface area (Å²) in [6.45, 7) is 8.76. The molecule has 1 amide bonds. The van der Waals surface area contributed by atoms with Crippen LogP contribution < -0.4 is 9.80 Å². The minimum absolute atomic E-state index is 0.0324. The van der Waals surface area contributed by atoms with E-state index in [4.69, 9.17) is 10.00 Å². The van der Waals surface area contributed by atoms with Gasteiger partial charge in [-0.15, -0.1) is 0 Å². The maximum Gasteiger partial charge on any atom is 0.258 e. The highest BCUT2D eigenvalue weighted by molar-refractivity contribution is 6.09. The standard InChI is InChI=1S/C29H29N3O2/c1-19-16-32(25-13-11-24(12-14-25)31-17-20(2)34-21(3)18-31)29(33)27-6-4-5-26(28(19)27)23-9-7-22(15-30)8-10-23/h4-14,19-21H,16-18H2,1-3H3/t19?,20-,21+. The first-order valence-corrected chi connectivity index (χ1v) is 11.9. The molecule has 0 aliphatic carbocycles. The van der Waals surface area contributed by atoms with E-state index in [0.29, 0.717) is 12.1 Å². The number of anilines is 2. The molecule has 0 aromatic heterocycles. The number of benzene rings is 3. The Morgan fingerprint density at radius 1 is 0.824 bits per heavy atom. The van der Waals surface area contributed by atoms with Gasteiger partial charge in [0.05, 0.1) is 23.8 Å². The molecule has 1 saturated heterocycles. The molecular formula is C29H29N3O2. The summed E-state index contributed by atoms with van der Waals surface area (Å²) in [4.78, 5) is 17.8. The number of ether oxygens (including phenoxy) is 1. The van der Waals surface area contributed by atoms with Gasteiger partial charge in [-0.05, 0) is 73.0 Å². The molecule has 2 aliphatic heterocycles. The molecule has 2 heterocycles. The number of hydrogen-bond acceptors (Lipinski definition) is 4. The summed E-state index contributed by atoms with van der Waals surface area (Å²) in [5.74, 6) is 0.213. The zero-order valence-corrected chi connectivity index (χ0v) is 19.9. The largest absolute Gasteiger partial charge is 0.372 e. The molecule has 3 atom stereocenters. The molecule has 1 unspecified atom stereocenters. The summed E-state index contributed by atoms with van der Waals surface area (Å²) in [5, 5.41) is 9.11. The average Bonchev–Trinajstić information content (AvgIpc) is 2.85. The maximum atomic E-state index is 13.6. The summed E-state index contributed by atoms with van der Waals surface area (Å²) in [5.41, 5.74) is 6.64. The van der Waals surface area contributed by atoms with Crippen LogP contribution in [-0.4, -0.2) is 37.7 Å². The van der Waals surface area contributed by atoms with Crippen LogP contribution >= 0.6 is 0 Å². The van der Waals surface area contributed by atoms with E-state index in [-0.39, 0.29) is 24.0 Å². The highest BCUT2D eigenvalue weighted by Gasteiger charge is 2.32. The Balaban J connectivity index is 1.43. The van der Waals surface area contributed by atoms with Crippen molar-refractivity contribution in [3.63, 3.8) is 0 Å². The first kappa shape index (κ1) is 22.2. The molecule has 5 heteroatoms. The Morgan fingerprint density at radius 3 is 2.09 bits per heavy atom. The Labute approximate surface area is 201 Å². The number of carbonyl (C=O) groups excluding carboxylic acids is 1. The summed E-state index contributed by atoms with van der Waals surface area (Å²) >= 11 is 0. The highest BCUT2D eigenvalue weighted by Crippen LogP contribution is 2.38. The second-order valence-corrected chi connectivity index (χ2v) is 9.45. The molecule has 3 aromatic rings. The maximum absolute atomic E-state index is 13.6. The molecule has 2 aliphatic rings. The Morgan fingerprint density at radius 2 is 1.44 bits per heavy atom. The molecule has 0 saturated carbocycles. The lowest BCUT2D eigenvalue weighted by atomic mass is 9.84. The van der Waals surface area contributed by atoms with Crippen LogP contribution in [0, 0.1) is 11.3 Å². The van der Waals surface area contributed by atoms with E-state index in [1.54, 1.807) is 0 Å². The van der Waals surface area contributed by atoms with E-state index >= 15 is 0 Å². The molecule has 172 valence electrons. The number of morpholine rings is 1. The van der Waals surface area contributed by atoms with Crippen LogP contribution in [0.5, 0.6) is 0 Å². The van der Waals surface area contributed by atoms with Crippen molar-refractivity contribution in [1.29, 1.82) is 5.26 Å². The summed E-state index contributed by atoms with van der Waals surface area (Å²) < 4.78 is 5.86. The number of fused-ring (bicyclic) bond motifs is 1. The zero-order valence-electron chi connectivity index (χ0n) is 19.9. The monoisotopic (exact) mass is 451 g/mol. The van der Waals surface area contributed by atoms with E-state index in [9.17, 15) is 4.79 Å². The molecule has 3 aromatic carbocycles. The molecule has 5 nitrogen and oxygen atoms in total. The van der Waals surface area contributed by atoms with Gasteiger partial charge in [0.1, 0.15) is 0 Å². The van der Waals surface area contributed by atoms with Gasteiger partial charge in [0.25, 0.3) is 5.91 Å².